The van der Waals surface area contributed by atoms with E-state index < -0.39 is 0 Å². The molecule has 0 aromatic heterocycles. The average molecular weight is 406 g/mol. The number of halogens is 2. The topological polar surface area (TPSA) is 47.3 Å². The Morgan fingerprint density at radius 2 is 1.82 bits per heavy atom. The van der Waals surface area contributed by atoms with Crippen LogP contribution in [0.15, 0.2) is 18.2 Å². The minimum Gasteiger partial charge on any atom is -0.342 e. The van der Waals surface area contributed by atoms with Gasteiger partial charge in [-0.3, -0.25) is 9.69 Å². The molecule has 28 heavy (non-hydrogen) atoms. The van der Waals surface area contributed by atoms with Gasteiger partial charge in [-0.1, -0.05) is 12.5 Å². The summed E-state index contributed by atoms with van der Waals surface area (Å²) in [5.74, 6) is 2.03. The highest BCUT2D eigenvalue weighted by molar-refractivity contribution is 5.85. The molecule has 3 fully saturated rings. The third-order valence-electron chi connectivity index (χ3n) is 6.83. The Morgan fingerprint density at radius 3 is 2.43 bits per heavy atom. The van der Waals surface area contributed by atoms with Crippen LogP contribution in [0.25, 0.3) is 0 Å². The van der Waals surface area contributed by atoms with E-state index in [1.165, 1.54) is 25.3 Å². The third kappa shape index (κ3) is 4.67. The third-order valence-corrected chi connectivity index (χ3v) is 6.83. The van der Waals surface area contributed by atoms with E-state index in [9.17, 15) is 9.18 Å². The highest BCUT2D eigenvalue weighted by Crippen LogP contribution is 2.38. The van der Waals surface area contributed by atoms with E-state index in [0.717, 1.165) is 50.9 Å². The number of hydrogen-bond acceptors (Lipinski definition) is 3. The van der Waals surface area contributed by atoms with Gasteiger partial charge in [0.05, 0.1) is 11.6 Å². The molecule has 2 aliphatic heterocycles. The lowest BCUT2D eigenvalue weighted by atomic mass is 9.92. The number of fused-ring (bicyclic) bond motifs is 1. The van der Waals surface area contributed by atoms with Gasteiger partial charge in [0.25, 0.3) is 0 Å². The summed E-state index contributed by atoms with van der Waals surface area (Å²) in [5.41, 5.74) is 1.01. The monoisotopic (exact) mass is 405 g/mol. The standard InChI is InChI=1S/C22H28FN3O.ClH/c23-21-10-17(12-24)4-5-20(21)13-25-8-6-16(7-9-25)11-22(27)26-14-18-2-1-3-19(18)15-26;/h4-5,10,16,18-19H,1-3,6-9,11,13-15H2;1H. The number of rotatable bonds is 4. The van der Waals surface area contributed by atoms with Crippen LogP contribution in [0.5, 0.6) is 0 Å². The number of carbonyl (C=O) groups excluding carboxylic acids is 1. The fraction of sp³-hybridized carbons (Fsp3) is 0.636. The minimum absolute atomic E-state index is 0. The maximum Gasteiger partial charge on any atom is 0.222 e. The Kier molecular flexibility index (Phi) is 6.95. The number of nitrogens with zero attached hydrogens (tertiary/aromatic N) is 3. The number of carbonyl (C=O) groups is 1. The summed E-state index contributed by atoms with van der Waals surface area (Å²) in [5, 5.41) is 8.84. The Balaban J connectivity index is 0.00000225. The molecule has 2 unspecified atom stereocenters. The normalized spacial score (nSPS) is 25.2. The molecular weight excluding hydrogens is 377 g/mol. The van der Waals surface area contributed by atoms with Gasteiger partial charge in [0.1, 0.15) is 5.82 Å². The predicted molar refractivity (Wildman–Crippen MR) is 108 cm³/mol. The molecule has 0 bridgehead atoms. The Hall–Kier alpha value is -1.64. The zero-order chi connectivity index (χ0) is 18.8. The number of nitriles is 1. The first kappa shape index (κ1) is 21.1. The molecule has 1 saturated carbocycles. The highest BCUT2D eigenvalue weighted by atomic mass is 35.5. The van der Waals surface area contributed by atoms with Crippen LogP contribution in [0, 0.1) is 34.9 Å². The molecule has 2 saturated heterocycles. The molecule has 2 heterocycles. The molecule has 2 atom stereocenters. The molecule has 3 aliphatic rings. The largest absolute Gasteiger partial charge is 0.342 e. The summed E-state index contributed by atoms with van der Waals surface area (Å²) in [6, 6.07) is 6.67. The van der Waals surface area contributed by atoms with Gasteiger partial charge >= 0.3 is 0 Å². The van der Waals surface area contributed by atoms with Crippen molar-refractivity contribution in [2.75, 3.05) is 26.2 Å². The SMILES string of the molecule is Cl.N#Cc1ccc(CN2CCC(CC(=O)N3CC4CCCC4C3)CC2)c(F)c1. The summed E-state index contributed by atoms with van der Waals surface area (Å²) in [6.07, 6.45) is 6.64. The molecule has 6 heteroatoms. The zero-order valence-corrected chi connectivity index (χ0v) is 17.1. The second-order valence-electron chi connectivity index (χ2n) is 8.59. The summed E-state index contributed by atoms with van der Waals surface area (Å²) < 4.78 is 14.1. The second kappa shape index (κ2) is 9.24. The summed E-state index contributed by atoms with van der Waals surface area (Å²) in [6.45, 7) is 4.36. The van der Waals surface area contributed by atoms with E-state index in [0.29, 0.717) is 35.9 Å². The van der Waals surface area contributed by atoms with Crippen molar-refractivity contribution in [2.24, 2.45) is 17.8 Å². The van der Waals surface area contributed by atoms with Gasteiger partial charge < -0.3 is 4.90 Å². The number of benzene rings is 1. The van der Waals surface area contributed by atoms with Crippen molar-refractivity contribution in [1.82, 2.24) is 9.80 Å². The maximum atomic E-state index is 14.1. The first-order valence-corrected chi connectivity index (χ1v) is 10.3. The number of hydrogen-bond donors (Lipinski definition) is 0. The van der Waals surface area contributed by atoms with Crippen molar-refractivity contribution in [2.45, 2.75) is 45.1 Å². The molecule has 4 rings (SSSR count). The van der Waals surface area contributed by atoms with Crippen LogP contribution in [-0.2, 0) is 11.3 Å². The fourth-order valence-electron chi connectivity index (χ4n) is 5.15. The predicted octanol–water partition coefficient (Wildman–Crippen LogP) is 3.98. The number of piperidine rings is 1. The molecular formula is C22H29ClFN3O. The number of likely N-dealkylation sites (tertiary alicyclic amines) is 2. The summed E-state index contributed by atoms with van der Waals surface area (Å²) >= 11 is 0. The Bertz CT molecular complexity index is 730. The summed E-state index contributed by atoms with van der Waals surface area (Å²) in [7, 11) is 0. The van der Waals surface area contributed by atoms with Crippen molar-refractivity contribution in [3.63, 3.8) is 0 Å². The van der Waals surface area contributed by atoms with E-state index >= 15 is 0 Å². The van der Waals surface area contributed by atoms with Gasteiger partial charge in [0, 0.05) is 31.6 Å². The van der Waals surface area contributed by atoms with Gasteiger partial charge in [0.15, 0.2) is 0 Å². The number of amides is 1. The molecule has 1 aromatic rings. The smallest absolute Gasteiger partial charge is 0.222 e. The van der Waals surface area contributed by atoms with Crippen molar-refractivity contribution in [3.05, 3.63) is 35.1 Å². The lowest BCUT2D eigenvalue weighted by Crippen LogP contribution is -2.36. The first-order valence-electron chi connectivity index (χ1n) is 10.3. The quantitative estimate of drug-likeness (QED) is 0.761. The van der Waals surface area contributed by atoms with Gasteiger partial charge in [-0.2, -0.15) is 5.26 Å². The van der Waals surface area contributed by atoms with E-state index in [2.05, 4.69) is 9.80 Å². The lowest BCUT2D eigenvalue weighted by molar-refractivity contribution is -0.131. The molecule has 0 radical (unpaired) electrons. The van der Waals surface area contributed by atoms with Gasteiger partial charge in [-0.25, -0.2) is 4.39 Å². The minimum atomic E-state index is -0.300. The van der Waals surface area contributed by atoms with Crippen LogP contribution < -0.4 is 0 Å². The van der Waals surface area contributed by atoms with Crippen LogP contribution in [0.4, 0.5) is 4.39 Å². The van der Waals surface area contributed by atoms with E-state index in [4.69, 9.17) is 5.26 Å². The highest BCUT2D eigenvalue weighted by Gasteiger charge is 2.38. The van der Waals surface area contributed by atoms with Gasteiger partial charge in [-0.15, -0.1) is 12.4 Å². The van der Waals surface area contributed by atoms with Crippen molar-refractivity contribution < 1.29 is 9.18 Å². The first-order chi connectivity index (χ1) is 13.1. The lowest BCUT2D eigenvalue weighted by Gasteiger charge is -2.32. The molecule has 1 aliphatic carbocycles. The van der Waals surface area contributed by atoms with Crippen LogP contribution in [0.3, 0.4) is 0 Å². The Morgan fingerprint density at radius 1 is 1.14 bits per heavy atom. The van der Waals surface area contributed by atoms with E-state index in [1.54, 1.807) is 12.1 Å². The van der Waals surface area contributed by atoms with Crippen LogP contribution in [0.1, 0.15) is 49.7 Å². The van der Waals surface area contributed by atoms with Gasteiger partial charge in [0.2, 0.25) is 5.91 Å². The average Bonchev–Trinajstić information content (AvgIpc) is 3.27. The van der Waals surface area contributed by atoms with Crippen molar-refractivity contribution in [3.8, 4) is 6.07 Å². The van der Waals surface area contributed by atoms with Crippen molar-refractivity contribution in [1.29, 1.82) is 5.26 Å². The van der Waals surface area contributed by atoms with Crippen LogP contribution in [-0.4, -0.2) is 41.9 Å². The zero-order valence-electron chi connectivity index (χ0n) is 16.3. The van der Waals surface area contributed by atoms with E-state index in [-0.39, 0.29) is 18.2 Å². The molecule has 152 valence electrons. The molecule has 1 amide bonds. The van der Waals surface area contributed by atoms with E-state index in [1.807, 2.05) is 6.07 Å². The van der Waals surface area contributed by atoms with Crippen LogP contribution >= 0.6 is 12.4 Å². The van der Waals surface area contributed by atoms with Gasteiger partial charge in [-0.05, 0) is 68.7 Å². The summed E-state index contributed by atoms with van der Waals surface area (Å²) in [4.78, 5) is 17.0. The molecule has 4 nitrogen and oxygen atoms in total. The maximum absolute atomic E-state index is 14.1. The fourth-order valence-corrected chi connectivity index (χ4v) is 5.15. The molecule has 1 aromatic carbocycles. The molecule has 0 N–H and O–H groups in total. The Labute approximate surface area is 173 Å². The molecule has 0 spiro atoms. The second-order valence-corrected chi connectivity index (χ2v) is 8.59. The van der Waals surface area contributed by atoms with Crippen LogP contribution in [0.2, 0.25) is 0 Å². The van der Waals surface area contributed by atoms with Crippen molar-refractivity contribution >= 4 is 18.3 Å².